The summed E-state index contributed by atoms with van der Waals surface area (Å²) >= 11 is 0. The number of halogens is 1. The Kier molecular flexibility index (Phi) is 6.29. The Balaban J connectivity index is 1.31. The quantitative estimate of drug-likeness (QED) is 0.296. The van der Waals surface area contributed by atoms with Crippen LogP contribution in [0.25, 0.3) is 22.4 Å². The number of aromatic nitrogens is 2. The van der Waals surface area contributed by atoms with E-state index in [1.165, 1.54) is 6.07 Å². The van der Waals surface area contributed by atoms with Crippen molar-refractivity contribution < 1.29 is 23.8 Å². The summed E-state index contributed by atoms with van der Waals surface area (Å²) in [4.78, 5) is 20.1. The molecule has 2 atom stereocenters. The number of rotatable bonds is 6. The van der Waals surface area contributed by atoms with Crippen LogP contribution in [0.1, 0.15) is 58.4 Å². The first-order valence-electron chi connectivity index (χ1n) is 13.2. The summed E-state index contributed by atoms with van der Waals surface area (Å²) in [5.41, 5.74) is 9.48. The maximum absolute atomic E-state index is 15.3. The monoisotopic (exact) mass is 524 g/mol. The van der Waals surface area contributed by atoms with Gasteiger partial charge in [0.15, 0.2) is 0 Å². The average Bonchev–Trinajstić information content (AvgIpc) is 3.50. The van der Waals surface area contributed by atoms with Crippen LogP contribution in [0.2, 0.25) is 0 Å². The Bertz CT molecular complexity index is 1580. The van der Waals surface area contributed by atoms with Crippen molar-refractivity contribution in [2.24, 2.45) is 0 Å². The first-order valence-corrected chi connectivity index (χ1v) is 13.2. The minimum absolute atomic E-state index is 0.0232. The molecule has 198 valence electrons. The van der Waals surface area contributed by atoms with Crippen LogP contribution in [-0.2, 0) is 11.2 Å². The number of hydrogen-bond donors (Lipinski definition) is 1. The molecule has 0 bridgehead atoms. The van der Waals surface area contributed by atoms with Crippen molar-refractivity contribution in [1.82, 2.24) is 9.97 Å². The standard InChI is InChI=1S/C32H29FN2O4/c1-17-10-20(27-15-34-19(3)14-35-27)11-18(2)31(17)24-6-8-26(33)32-25(24)7-9-28(32)39-22-4-5-23-21(12-30(36)37)16-38-29(23)13-22/h4-6,8,10-11,13-15,21,28H,7,9,12,16H2,1-3H3,(H,36,37)/t21-,28-/m1/s1. The highest BCUT2D eigenvalue weighted by Gasteiger charge is 2.32. The molecule has 6 nitrogen and oxygen atoms in total. The molecule has 4 aromatic rings. The largest absolute Gasteiger partial charge is 0.492 e. The second-order valence-electron chi connectivity index (χ2n) is 10.5. The highest BCUT2D eigenvalue weighted by Crippen LogP contribution is 2.45. The van der Waals surface area contributed by atoms with Crippen molar-refractivity contribution in [3.05, 3.63) is 94.2 Å². The van der Waals surface area contributed by atoms with E-state index in [1.54, 1.807) is 18.5 Å². The fourth-order valence-electron chi connectivity index (χ4n) is 5.98. The van der Waals surface area contributed by atoms with Gasteiger partial charge in [-0.25, -0.2) is 4.39 Å². The Hall–Kier alpha value is -4.26. The van der Waals surface area contributed by atoms with Crippen LogP contribution in [0, 0.1) is 26.6 Å². The molecule has 39 heavy (non-hydrogen) atoms. The van der Waals surface area contributed by atoms with Crippen molar-refractivity contribution in [1.29, 1.82) is 0 Å². The molecule has 1 aliphatic carbocycles. The molecule has 6 rings (SSSR count). The third kappa shape index (κ3) is 4.62. The van der Waals surface area contributed by atoms with E-state index in [2.05, 4.69) is 35.9 Å². The Morgan fingerprint density at radius 1 is 1.08 bits per heavy atom. The fraction of sp³-hybridized carbons (Fsp3) is 0.281. The normalized spacial score (nSPS) is 17.4. The van der Waals surface area contributed by atoms with Gasteiger partial charge in [0.1, 0.15) is 23.4 Å². The molecular weight excluding hydrogens is 495 g/mol. The number of carboxylic acid groups (broad SMARTS) is 1. The molecule has 0 saturated heterocycles. The van der Waals surface area contributed by atoms with E-state index in [-0.39, 0.29) is 18.2 Å². The van der Waals surface area contributed by atoms with Crippen molar-refractivity contribution in [2.75, 3.05) is 6.61 Å². The predicted molar refractivity (Wildman–Crippen MR) is 146 cm³/mol. The van der Waals surface area contributed by atoms with Crippen molar-refractivity contribution in [2.45, 2.75) is 52.1 Å². The van der Waals surface area contributed by atoms with E-state index in [0.717, 1.165) is 50.3 Å². The molecule has 2 heterocycles. The number of carboxylic acids is 1. The van der Waals surface area contributed by atoms with Gasteiger partial charge in [0.2, 0.25) is 0 Å². The van der Waals surface area contributed by atoms with E-state index in [4.69, 9.17) is 14.6 Å². The second kappa shape index (κ2) is 9.80. The second-order valence-corrected chi connectivity index (χ2v) is 10.5. The van der Waals surface area contributed by atoms with Crippen LogP contribution in [0.4, 0.5) is 4.39 Å². The van der Waals surface area contributed by atoms with Crippen LogP contribution >= 0.6 is 0 Å². The Morgan fingerprint density at radius 3 is 2.59 bits per heavy atom. The zero-order valence-electron chi connectivity index (χ0n) is 22.1. The summed E-state index contributed by atoms with van der Waals surface area (Å²) in [5.74, 6) is -0.0691. The highest BCUT2D eigenvalue weighted by molar-refractivity contribution is 5.79. The Labute approximate surface area is 226 Å². The number of fused-ring (bicyclic) bond motifs is 2. The molecule has 1 N–H and O–H groups in total. The lowest BCUT2D eigenvalue weighted by Gasteiger charge is -2.19. The van der Waals surface area contributed by atoms with Crippen molar-refractivity contribution in [3.63, 3.8) is 0 Å². The number of benzene rings is 3. The molecule has 0 unspecified atom stereocenters. The van der Waals surface area contributed by atoms with E-state index < -0.39 is 12.1 Å². The molecule has 0 fully saturated rings. The van der Waals surface area contributed by atoms with Crippen LogP contribution in [0.15, 0.2) is 54.9 Å². The number of aliphatic carboxylic acids is 1. The van der Waals surface area contributed by atoms with E-state index in [0.29, 0.717) is 36.5 Å². The lowest BCUT2D eigenvalue weighted by Crippen LogP contribution is -2.07. The maximum atomic E-state index is 15.3. The summed E-state index contributed by atoms with van der Waals surface area (Å²) in [6.07, 6.45) is 4.53. The number of carbonyl (C=O) groups is 1. The van der Waals surface area contributed by atoms with E-state index in [1.807, 2.05) is 25.1 Å². The maximum Gasteiger partial charge on any atom is 0.304 e. The molecular formula is C32H29FN2O4. The van der Waals surface area contributed by atoms with Crippen LogP contribution in [0.5, 0.6) is 11.5 Å². The molecule has 3 aromatic carbocycles. The van der Waals surface area contributed by atoms with Gasteiger partial charge in [-0.3, -0.25) is 14.8 Å². The number of ether oxygens (including phenoxy) is 2. The molecule has 0 radical (unpaired) electrons. The highest BCUT2D eigenvalue weighted by atomic mass is 19.1. The van der Waals surface area contributed by atoms with Gasteiger partial charge >= 0.3 is 5.97 Å². The smallest absolute Gasteiger partial charge is 0.304 e. The first-order chi connectivity index (χ1) is 18.8. The summed E-state index contributed by atoms with van der Waals surface area (Å²) in [5, 5.41) is 9.16. The van der Waals surface area contributed by atoms with Gasteiger partial charge in [-0.05, 0) is 85.7 Å². The zero-order chi connectivity index (χ0) is 27.3. The Morgan fingerprint density at radius 2 is 1.87 bits per heavy atom. The third-order valence-corrected chi connectivity index (χ3v) is 7.73. The molecule has 0 spiro atoms. The first kappa shape index (κ1) is 25.0. The lowest BCUT2D eigenvalue weighted by molar-refractivity contribution is -0.137. The molecule has 1 aromatic heterocycles. The predicted octanol–water partition coefficient (Wildman–Crippen LogP) is 6.89. The van der Waals surface area contributed by atoms with Gasteiger partial charge in [-0.1, -0.05) is 12.1 Å². The molecule has 1 aliphatic heterocycles. The van der Waals surface area contributed by atoms with Crippen LogP contribution < -0.4 is 9.47 Å². The van der Waals surface area contributed by atoms with Gasteiger partial charge in [0.25, 0.3) is 0 Å². The van der Waals surface area contributed by atoms with Gasteiger partial charge in [0.05, 0.1) is 30.6 Å². The van der Waals surface area contributed by atoms with E-state index in [9.17, 15) is 4.79 Å². The van der Waals surface area contributed by atoms with Crippen molar-refractivity contribution in [3.8, 4) is 33.9 Å². The van der Waals surface area contributed by atoms with Gasteiger partial charge < -0.3 is 14.6 Å². The fourth-order valence-corrected chi connectivity index (χ4v) is 5.98. The number of nitrogens with zero attached hydrogens (tertiary/aromatic N) is 2. The summed E-state index contributed by atoms with van der Waals surface area (Å²) in [6, 6.07) is 13.1. The summed E-state index contributed by atoms with van der Waals surface area (Å²) in [6.45, 7) is 6.41. The average molecular weight is 525 g/mol. The van der Waals surface area contributed by atoms with Gasteiger partial charge in [-0.15, -0.1) is 0 Å². The number of aryl methyl sites for hydroxylation is 3. The van der Waals surface area contributed by atoms with Gasteiger partial charge in [0, 0.05) is 34.9 Å². The molecule has 7 heteroatoms. The molecule has 2 aliphatic rings. The lowest BCUT2D eigenvalue weighted by atomic mass is 9.88. The van der Waals surface area contributed by atoms with Crippen LogP contribution in [-0.4, -0.2) is 27.7 Å². The number of hydrogen-bond acceptors (Lipinski definition) is 5. The third-order valence-electron chi connectivity index (χ3n) is 7.73. The summed E-state index contributed by atoms with van der Waals surface area (Å²) < 4.78 is 27.3. The van der Waals surface area contributed by atoms with E-state index >= 15 is 4.39 Å². The van der Waals surface area contributed by atoms with Crippen LogP contribution in [0.3, 0.4) is 0 Å². The minimum Gasteiger partial charge on any atom is -0.492 e. The molecule has 0 saturated carbocycles. The van der Waals surface area contributed by atoms with Crippen molar-refractivity contribution >= 4 is 5.97 Å². The van der Waals surface area contributed by atoms with Gasteiger partial charge in [-0.2, -0.15) is 0 Å². The topological polar surface area (TPSA) is 81.5 Å². The minimum atomic E-state index is -0.852. The zero-order valence-corrected chi connectivity index (χ0v) is 22.1. The molecule has 0 amide bonds. The SMILES string of the molecule is Cc1cnc(-c2cc(C)c(-c3ccc(F)c4c3CC[C@H]4Oc3ccc4c(c3)OC[C@H]4CC(=O)O)c(C)c2)cn1. The summed E-state index contributed by atoms with van der Waals surface area (Å²) in [7, 11) is 0.